The molecular weight excluding hydrogens is 328 g/mol. The van der Waals surface area contributed by atoms with Crippen molar-refractivity contribution in [1.29, 1.82) is 0 Å². The van der Waals surface area contributed by atoms with E-state index < -0.39 is 23.8 Å². The zero-order chi connectivity index (χ0) is 18.4. The molecule has 3 amide bonds. The van der Waals surface area contributed by atoms with Gasteiger partial charge in [0.05, 0.1) is 31.3 Å². The van der Waals surface area contributed by atoms with Crippen molar-refractivity contribution in [2.24, 2.45) is 5.73 Å². The first-order chi connectivity index (χ1) is 11.9. The average molecular weight is 348 g/mol. The van der Waals surface area contributed by atoms with Crippen LogP contribution in [0.4, 0.5) is 5.69 Å². The van der Waals surface area contributed by atoms with Gasteiger partial charge in [-0.15, -0.1) is 0 Å². The fourth-order valence-corrected chi connectivity index (χ4v) is 2.60. The first-order valence-corrected chi connectivity index (χ1v) is 7.69. The molecule has 1 aliphatic heterocycles. The molecule has 4 N–H and O–H groups in total. The summed E-state index contributed by atoms with van der Waals surface area (Å²) in [6.45, 7) is 0.683. The molecule has 1 fully saturated rings. The third-order valence-electron chi connectivity index (χ3n) is 3.84. The Morgan fingerprint density at radius 3 is 2.76 bits per heavy atom. The Morgan fingerprint density at radius 1 is 1.36 bits per heavy atom. The van der Waals surface area contributed by atoms with E-state index in [1.165, 1.54) is 13.2 Å². The maximum atomic E-state index is 12.3. The lowest BCUT2D eigenvalue weighted by molar-refractivity contribution is -0.146. The number of carbonyl (C=O) groups is 4. The maximum absolute atomic E-state index is 12.3. The number of carbonyl (C=O) groups excluding carboxylic acids is 4. The number of piperazine rings is 1. The minimum Gasteiger partial charge on any atom is -0.469 e. The molecule has 9 nitrogen and oxygen atoms in total. The summed E-state index contributed by atoms with van der Waals surface area (Å²) in [7, 11) is 1.24. The summed E-state index contributed by atoms with van der Waals surface area (Å²) in [5.74, 6) is -1.94. The van der Waals surface area contributed by atoms with Gasteiger partial charge in [-0.2, -0.15) is 0 Å². The number of hydrogen-bond acceptors (Lipinski definition) is 6. The number of anilines is 1. The summed E-state index contributed by atoms with van der Waals surface area (Å²) in [6.07, 6.45) is -0.145. The number of amides is 3. The van der Waals surface area contributed by atoms with Crippen LogP contribution in [0.2, 0.25) is 0 Å². The Balaban J connectivity index is 2.06. The first-order valence-electron chi connectivity index (χ1n) is 7.69. The highest BCUT2D eigenvalue weighted by Gasteiger charge is 2.33. The number of rotatable bonds is 6. The molecule has 1 unspecified atom stereocenters. The van der Waals surface area contributed by atoms with Crippen LogP contribution in [-0.2, 0) is 19.1 Å². The molecule has 1 aromatic rings. The van der Waals surface area contributed by atoms with Crippen molar-refractivity contribution >= 4 is 29.4 Å². The minimum absolute atomic E-state index is 0.109. The summed E-state index contributed by atoms with van der Waals surface area (Å²) >= 11 is 0. The number of primary amides is 1. The standard InChI is InChI=1S/C16H20N4O5/c1-25-14(22)8-12-16(24)18-6-7-20(12)9-13(21)19-11-5-3-2-4-10(11)15(17)23/h2-5,12H,6-9H2,1H3,(H2,17,23)(H,18,24)(H,19,21). The van der Waals surface area contributed by atoms with Gasteiger partial charge in [-0.3, -0.25) is 24.1 Å². The third-order valence-corrected chi connectivity index (χ3v) is 3.84. The van der Waals surface area contributed by atoms with Crippen LogP contribution >= 0.6 is 0 Å². The lowest BCUT2D eigenvalue weighted by atomic mass is 10.1. The Morgan fingerprint density at radius 2 is 2.08 bits per heavy atom. The fraction of sp³-hybridized carbons (Fsp3) is 0.375. The molecule has 134 valence electrons. The van der Waals surface area contributed by atoms with Gasteiger partial charge in [0.15, 0.2) is 0 Å². The van der Waals surface area contributed by atoms with Crippen LogP contribution in [0.3, 0.4) is 0 Å². The molecule has 25 heavy (non-hydrogen) atoms. The summed E-state index contributed by atoms with van der Waals surface area (Å²) in [5, 5.41) is 5.27. The van der Waals surface area contributed by atoms with Gasteiger partial charge in [0.25, 0.3) is 5.91 Å². The first kappa shape index (κ1) is 18.4. The van der Waals surface area contributed by atoms with Crippen LogP contribution in [0.25, 0.3) is 0 Å². The van der Waals surface area contributed by atoms with Crippen molar-refractivity contribution in [2.75, 3.05) is 32.1 Å². The van der Waals surface area contributed by atoms with E-state index in [-0.39, 0.29) is 24.4 Å². The van der Waals surface area contributed by atoms with E-state index in [0.29, 0.717) is 18.8 Å². The van der Waals surface area contributed by atoms with E-state index in [2.05, 4.69) is 15.4 Å². The quantitative estimate of drug-likeness (QED) is 0.570. The molecule has 1 heterocycles. The molecular formula is C16H20N4O5. The van der Waals surface area contributed by atoms with Crippen molar-refractivity contribution in [3.05, 3.63) is 29.8 Å². The van der Waals surface area contributed by atoms with Gasteiger partial charge in [-0.05, 0) is 12.1 Å². The number of esters is 1. The molecule has 1 atom stereocenters. The lowest BCUT2D eigenvalue weighted by Crippen LogP contribution is -2.57. The Hall–Kier alpha value is -2.94. The molecule has 0 saturated carbocycles. The number of benzene rings is 1. The summed E-state index contributed by atoms with van der Waals surface area (Å²) in [6, 6.07) is 5.59. The highest BCUT2D eigenvalue weighted by molar-refractivity contribution is 6.03. The smallest absolute Gasteiger partial charge is 0.307 e. The highest BCUT2D eigenvalue weighted by Crippen LogP contribution is 2.15. The molecule has 1 aromatic carbocycles. The number of nitrogens with one attached hydrogen (secondary N) is 2. The lowest BCUT2D eigenvalue weighted by Gasteiger charge is -2.33. The third kappa shape index (κ3) is 4.77. The molecule has 2 rings (SSSR count). The van der Waals surface area contributed by atoms with Crippen LogP contribution < -0.4 is 16.4 Å². The number of ether oxygens (including phenoxy) is 1. The SMILES string of the molecule is COC(=O)CC1C(=O)NCCN1CC(=O)Nc1ccccc1C(N)=O. The predicted octanol–water partition coefficient (Wildman–Crippen LogP) is -0.912. The Labute approximate surface area is 144 Å². The van der Waals surface area contributed by atoms with Crippen molar-refractivity contribution in [2.45, 2.75) is 12.5 Å². The normalized spacial score (nSPS) is 17.5. The minimum atomic E-state index is -0.779. The molecule has 1 saturated heterocycles. The summed E-state index contributed by atoms with van der Waals surface area (Å²) in [4.78, 5) is 48.8. The van der Waals surface area contributed by atoms with Crippen LogP contribution in [0.1, 0.15) is 16.8 Å². The number of para-hydroxylation sites is 1. The second-order valence-corrected chi connectivity index (χ2v) is 5.52. The zero-order valence-corrected chi connectivity index (χ0v) is 13.8. The summed E-state index contributed by atoms with van der Waals surface area (Å²) < 4.78 is 4.59. The van der Waals surface area contributed by atoms with Crippen molar-refractivity contribution in [3.8, 4) is 0 Å². The van der Waals surface area contributed by atoms with Crippen molar-refractivity contribution < 1.29 is 23.9 Å². The van der Waals surface area contributed by atoms with Gasteiger partial charge in [0.1, 0.15) is 6.04 Å². The molecule has 9 heteroatoms. The van der Waals surface area contributed by atoms with Gasteiger partial charge in [0.2, 0.25) is 11.8 Å². The molecule has 0 radical (unpaired) electrons. The maximum Gasteiger partial charge on any atom is 0.307 e. The zero-order valence-electron chi connectivity index (χ0n) is 13.8. The topological polar surface area (TPSA) is 131 Å². The fourth-order valence-electron chi connectivity index (χ4n) is 2.60. The largest absolute Gasteiger partial charge is 0.469 e. The Kier molecular flexibility index (Phi) is 6.07. The van der Waals surface area contributed by atoms with E-state index in [1.54, 1.807) is 23.1 Å². The second kappa shape index (κ2) is 8.25. The van der Waals surface area contributed by atoms with Crippen LogP contribution in [-0.4, -0.2) is 61.4 Å². The second-order valence-electron chi connectivity index (χ2n) is 5.52. The van der Waals surface area contributed by atoms with Gasteiger partial charge in [-0.1, -0.05) is 12.1 Å². The Bertz CT molecular complexity index is 691. The van der Waals surface area contributed by atoms with Gasteiger partial charge >= 0.3 is 5.97 Å². The van der Waals surface area contributed by atoms with E-state index >= 15 is 0 Å². The molecule has 0 aromatic heterocycles. The van der Waals surface area contributed by atoms with Crippen molar-refractivity contribution in [1.82, 2.24) is 10.2 Å². The van der Waals surface area contributed by atoms with Crippen LogP contribution in [0.15, 0.2) is 24.3 Å². The van der Waals surface area contributed by atoms with E-state index in [4.69, 9.17) is 5.73 Å². The van der Waals surface area contributed by atoms with Gasteiger partial charge in [0, 0.05) is 13.1 Å². The average Bonchev–Trinajstić information content (AvgIpc) is 2.58. The van der Waals surface area contributed by atoms with Gasteiger partial charge < -0.3 is 21.1 Å². The van der Waals surface area contributed by atoms with Crippen molar-refractivity contribution in [3.63, 3.8) is 0 Å². The van der Waals surface area contributed by atoms with E-state index in [0.717, 1.165) is 0 Å². The van der Waals surface area contributed by atoms with Crippen LogP contribution in [0.5, 0.6) is 0 Å². The number of nitrogens with zero attached hydrogens (tertiary/aromatic N) is 1. The number of methoxy groups -OCH3 is 1. The molecule has 0 spiro atoms. The number of hydrogen-bond donors (Lipinski definition) is 3. The van der Waals surface area contributed by atoms with Crippen LogP contribution in [0, 0.1) is 0 Å². The van der Waals surface area contributed by atoms with Gasteiger partial charge in [-0.25, -0.2) is 0 Å². The molecule has 0 bridgehead atoms. The molecule has 1 aliphatic rings. The van der Waals surface area contributed by atoms with E-state index in [1.807, 2.05) is 0 Å². The monoisotopic (exact) mass is 348 g/mol. The highest BCUT2D eigenvalue weighted by atomic mass is 16.5. The summed E-state index contributed by atoms with van der Waals surface area (Å²) in [5.41, 5.74) is 5.77. The number of nitrogens with two attached hydrogens (primary N) is 1. The molecule has 0 aliphatic carbocycles. The van der Waals surface area contributed by atoms with E-state index in [9.17, 15) is 19.2 Å². The predicted molar refractivity (Wildman–Crippen MR) is 88.6 cm³/mol.